The highest BCUT2D eigenvalue weighted by atomic mass is 32.1. The van der Waals surface area contributed by atoms with Gasteiger partial charge in [-0.15, -0.1) is 11.3 Å². The Kier molecular flexibility index (Phi) is 6.84. The molecule has 0 spiro atoms. The van der Waals surface area contributed by atoms with Gasteiger partial charge in [0.1, 0.15) is 17.6 Å². The topological polar surface area (TPSA) is 93.1 Å². The molecule has 0 saturated carbocycles. The van der Waals surface area contributed by atoms with Gasteiger partial charge in [-0.25, -0.2) is 4.79 Å². The number of Topliss-reactive ketones (excluding diaryl/α,β-unsaturated/α-hetero) is 1. The molecule has 7 nitrogen and oxygen atoms in total. The molecule has 8 heteroatoms. The van der Waals surface area contributed by atoms with Crippen molar-refractivity contribution in [2.45, 2.75) is 32.7 Å². The average Bonchev–Trinajstić information content (AvgIpc) is 3.53. The molecule has 2 aromatic carbocycles. The Labute approximate surface area is 218 Å². The summed E-state index contributed by atoms with van der Waals surface area (Å²) in [5, 5.41) is 13.2. The Morgan fingerprint density at radius 2 is 1.89 bits per heavy atom. The van der Waals surface area contributed by atoms with Crippen molar-refractivity contribution >= 4 is 40.4 Å². The van der Waals surface area contributed by atoms with E-state index in [4.69, 9.17) is 9.47 Å². The van der Waals surface area contributed by atoms with E-state index in [2.05, 4.69) is 0 Å². The molecule has 3 heterocycles. The molecule has 1 unspecified atom stereocenters. The lowest BCUT2D eigenvalue weighted by Gasteiger charge is -2.24. The first-order valence-electron chi connectivity index (χ1n) is 12.2. The van der Waals surface area contributed by atoms with Gasteiger partial charge < -0.3 is 14.6 Å². The van der Waals surface area contributed by atoms with Crippen LogP contribution in [0.5, 0.6) is 5.75 Å². The van der Waals surface area contributed by atoms with E-state index in [0.29, 0.717) is 30.0 Å². The zero-order valence-electron chi connectivity index (χ0n) is 20.6. The van der Waals surface area contributed by atoms with Gasteiger partial charge in [-0.05, 0) is 78.2 Å². The molecule has 1 atom stereocenters. The number of esters is 1. The number of ketones is 1. The van der Waals surface area contributed by atoms with Crippen LogP contribution >= 0.6 is 11.3 Å². The summed E-state index contributed by atoms with van der Waals surface area (Å²) < 4.78 is 11.0. The van der Waals surface area contributed by atoms with Crippen molar-refractivity contribution < 1.29 is 29.0 Å². The Balaban J connectivity index is 1.54. The fourth-order valence-corrected chi connectivity index (χ4v) is 5.39. The molecule has 0 aliphatic carbocycles. The number of amides is 1. The van der Waals surface area contributed by atoms with Crippen molar-refractivity contribution in [1.29, 1.82) is 0 Å². The van der Waals surface area contributed by atoms with Crippen LogP contribution in [0.3, 0.4) is 0 Å². The molecular weight excluding hydrogens is 490 g/mol. The number of carbonyl (C=O) groups excluding carboxylic acids is 3. The molecule has 1 aromatic heterocycles. The van der Waals surface area contributed by atoms with Crippen molar-refractivity contribution in [3.8, 4) is 5.75 Å². The molecule has 1 amide bonds. The van der Waals surface area contributed by atoms with Crippen molar-refractivity contribution in [1.82, 2.24) is 0 Å². The second kappa shape index (κ2) is 10.2. The SMILES string of the molecule is CC(C)COC(=O)c1ccc(N2C(=O)C(=O)/C(=C(\O)c3ccc4c(c3)CCCO4)C2c2cccs2)cc1. The molecule has 1 N–H and O–H groups in total. The highest BCUT2D eigenvalue weighted by Crippen LogP contribution is 2.44. The van der Waals surface area contributed by atoms with E-state index >= 15 is 0 Å². The minimum atomic E-state index is -0.800. The highest BCUT2D eigenvalue weighted by Gasteiger charge is 2.47. The lowest BCUT2D eigenvalue weighted by molar-refractivity contribution is -0.132. The van der Waals surface area contributed by atoms with Crippen LogP contribution in [-0.4, -0.2) is 36.0 Å². The number of aliphatic hydroxyl groups excluding tert-OH is 1. The maximum Gasteiger partial charge on any atom is 0.338 e. The molecule has 5 rings (SSSR count). The van der Waals surface area contributed by atoms with E-state index in [0.717, 1.165) is 29.0 Å². The number of rotatable bonds is 6. The largest absolute Gasteiger partial charge is 0.507 e. The molecule has 2 aliphatic rings. The number of nitrogens with zero attached hydrogens (tertiary/aromatic N) is 1. The van der Waals surface area contributed by atoms with Gasteiger partial charge in [0.25, 0.3) is 11.7 Å². The number of ether oxygens (including phenoxy) is 2. The van der Waals surface area contributed by atoms with Gasteiger partial charge in [0.15, 0.2) is 0 Å². The lowest BCUT2D eigenvalue weighted by Crippen LogP contribution is -2.29. The molecule has 2 aliphatic heterocycles. The number of anilines is 1. The summed E-state index contributed by atoms with van der Waals surface area (Å²) in [7, 11) is 0. The van der Waals surface area contributed by atoms with Crippen LogP contribution in [0.4, 0.5) is 5.69 Å². The maximum absolute atomic E-state index is 13.3. The van der Waals surface area contributed by atoms with E-state index in [1.165, 1.54) is 16.2 Å². The fourth-order valence-electron chi connectivity index (χ4n) is 4.56. The normalized spacial score (nSPS) is 18.6. The summed E-state index contributed by atoms with van der Waals surface area (Å²) in [6, 6.07) is 14.6. The van der Waals surface area contributed by atoms with Crippen molar-refractivity contribution in [2.75, 3.05) is 18.1 Å². The number of fused-ring (bicyclic) bond motifs is 1. The number of hydrogen-bond acceptors (Lipinski definition) is 7. The lowest BCUT2D eigenvalue weighted by atomic mass is 9.97. The number of hydrogen-bond donors (Lipinski definition) is 1. The number of benzene rings is 2. The Bertz CT molecular complexity index is 1370. The first kappa shape index (κ1) is 24.8. The summed E-state index contributed by atoms with van der Waals surface area (Å²) >= 11 is 1.39. The smallest absolute Gasteiger partial charge is 0.338 e. The van der Waals surface area contributed by atoms with Gasteiger partial charge in [-0.1, -0.05) is 19.9 Å². The van der Waals surface area contributed by atoms with Crippen LogP contribution in [0.15, 0.2) is 65.6 Å². The van der Waals surface area contributed by atoms with Crippen molar-refractivity contribution in [2.24, 2.45) is 5.92 Å². The summed E-state index contributed by atoms with van der Waals surface area (Å²) in [4.78, 5) is 41.1. The number of aliphatic hydroxyl groups is 1. The summed E-state index contributed by atoms with van der Waals surface area (Å²) in [5.41, 5.74) is 2.25. The first-order valence-corrected chi connectivity index (χ1v) is 13.1. The minimum absolute atomic E-state index is 0.0320. The standard InChI is InChI=1S/C29H27NO6S/c1-17(2)16-36-29(34)18-7-10-21(11-8-18)30-25(23-6-4-14-37-23)24(27(32)28(30)33)26(31)20-9-12-22-19(15-20)5-3-13-35-22/h4,6-12,14-15,17,25,31H,3,5,13,16H2,1-2H3/b26-24-. The molecule has 0 bridgehead atoms. The first-order chi connectivity index (χ1) is 17.8. The highest BCUT2D eigenvalue weighted by molar-refractivity contribution is 7.10. The summed E-state index contributed by atoms with van der Waals surface area (Å²) in [5.74, 6) is -1.19. The number of thiophene rings is 1. The molecule has 37 heavy (non-hydrogen) atoms. The quantitative estimate of drug-likeness (QED) is 0.201. The van der Waals surface area contributed by atoms with Crippen LogP contribution < -0.4 is 9.64 Å². The second-order valence-electron chi connectivity index (χ2n) is 9.50. The average molecular weight is 518 g/mol. The maximum atomic E-state index is 13.3. The van der Waals surface area contributed by atoms with Gasteiger partial charge >= 0.3 is 5.97 Å². The molecule has 190 valence electrons. The molecular formula is C29H27NO6S. The van der Waals surface area contributed by atoms with E-state index < -0.39 is 23.7 Å². The van der Waals surface area contributed by atoms with Gasteiger partial charge in [-0.2, -0.15) is 0 Å². The van der Waals surface area contributed by atoms with Gasteiger partial charge in [0.2, 0.25) is 0 Å². The van der Waals surface area contributed by atoms with Crippen LogP contribution in [0.25, 0.3) is 5.76 Å². The number of carbonyl (C=O) groups is 3. The fraction of sp³-hybridized carbons (Fsp3) is 0.276. The Morgan fingerprint density at radius 1 is 1.14 bits per heavy atom. The zero-order valence-corrected chi connectivity index (χ0v) is 21.4. The van der Waals surface area contributed by atoms with Gasteiger partial charge in [0, 0.05) is 16.1 Å². The third-order valence-corrected chi connectivity index (χ3v) is 7.29. The molecule has 0 radical (unpaired) electrons. The monoisotopic (exact) mass is 517 g/mol. The van der Waals surface area contributed by atoms with Crippen molar-refractivity contribution in [3.05, 3.63) is 87.1 Å². The Morgan fingerprint density at radius 3 is 2.59 bits per heavy atom. The van der Waals surface area contributed by atoms with Gasteiger partial charge in [0.05, 0.1) is 24.4 Å². The van der Waals surface area contributed by atoms with Crippen molar-refractivity contribution in [3.63, 3.8) is 0 Å². The third-order valence-electron chi connectivity index (χ3n) is 6.37. The summed E-state index contributed by atoms with van der Waals surface area (Å²) in [6.07, 6.45) is 1.68. The van der Waals surface area contributed by atoms with E-state index in [1.54, 1.807) is 36.4 Å². The summed E-state index contributed by atoms with van der Waals surface area (Å²) in [6.45, 7) is 4.86. The zero-order chi connectivity index (χ0) is 26.1. The van der Waals surface area contributed by atoms with E-state index in [1.807, 2.05) is 37.4 Å². The molecule has 3 aromatic rings. The van der Waals surface area contributed by atoms with E-state index in [9.17, 15) is 19.5 Å². The van der Waals surface area contributed by atoms with Crippen LogP contribution in [0.1, 0.15) is 52.7 Å². The van der Waals surface area contributed by atoms with E-state index in [-0.39, 0.29) is 17.3 Å². The minimum Gasteiger partial charge on any atom is -0.507 e. The molecule has 1 saturated heterocycles. The van der Waals surface area contributed by atoms with Gasteiger partial charge in [-0.3, -0.25) is 14.5 Å². The third kappa shape index (κ3) is 4.76. The predicted molar refractivity (Wildman–Crippen MR) is 141 cm³/mol. The second-order valence-corrected chi connectivity index (χ2v) is 10.5. The molecule has 1 fully saturated rings. The Hall–Kier alpha value is -3.91. The predicted octanol–water partition coefficient (Wildman–Crippen LogP) is 5.51. The van der Waals surface area contributed by atoms with Crippen LogP contribution in [0, 0.1) is 5.92 Å². The number of aryl methyl sites for hydroxylation is 1. The van der Waals surface area contributed by atoms with Crippen LogP contribution in [-0.2, 0) is 20.7 Å². The van der Waals surface area contributed by atoms with Crippen LogP contribution in [0.2, 0.25) is 0 Å².